The van der Waals surface area contributed by atoms with Crippen LogP contribution in [0.4, 0.5) is 4.79 Å². The molecule has 1 atom stereocenters. The average molecular weight is 282 g/mol. The van der Waals surface area contributed by atoms with Crippen molar-refractivity contribution in [2.75, 3.05) is 6.54 Å². The number of hydrogen-bond donors (Lipinski definition) is 3. The predicted octanol–water partition coefficient (Wildman–Crippen LogP) is 2.31. The van der Waals surface area contributed by atoms with Crippen molar-refractivity contribution in [1.29, 1.82) is 0 Å². The van der Waals surface area contributed by atoms with Gasteiger partial charge in [-0.25, -0.2) is 9.59 Å². The van der Waals surface area contributed by atoms with Gasteiger partial charge in [0.2, 0.25) is 0 Å². The molecule has 20 heavy (non-hydrogen) atoms. The third-order valence-electron chi connectivity index (χ3n) is 3.05. The average Bonchev–Trinajstić information content (AvgIpc) is 2.88. The summed E-state index contributed by atoms with van der Waals surface area (Å²) >= 11 is 0. The highest BCUT2D eigenvalue weighted by atomic mass is 16.4. The van der Waals surface area contributed by atoms with E-state index in [-0.39, 0.29) is 5.76 Å². The van der Waals surface area contributed by atoms with Crippen LogP contribution in [0.1, 0.15) is 39.4 Å². The van der Waals surface area contributed by atoms with Gasteiger partial charge in [-0.05, 0) is 37.8 Å². The second-order valence-corrected chi connectivity index (χ2v) is 5.32. The van der Waals surface area contributed by atoms with Crippen LogP contribution >= 0.6 is 0 Å². The van der Waals surface area contributed by atoms with Gasteiger partial charge >= 0.3 is 12.0 Å². The van der Waals surface area contributed by atoms with E-state index in [0.29, 0.717) is 12.5 Å². The minimum atomic E-state index is -1.58. The number of furan rings is 1. The Morgan fingerprint density at radius 2 is 2.15 bits per heavy atom. The quantitative estimate of drug-likeness (QED) is 0.669. The van der Waals surface area contributed by atoms with Crippen LogP contribution in [-0.4, -0.2) is 23.7 Å². The first-order chi connectivity index (χ1) is 9.36. The van der Waals surface area contributed by atoms with Crippen molar-refractivity contribution >= 4 is 12.0 Å². The fraction of sp³-hybridized carbons (Fsp3) is 0.571. The summed E-state index contributed by atoms with van der Waals surface area (Å²) in [6, 6.07) is 2.58. The molecular formula is C14H22N2O4. The normalized spacial score (nSPS) is 13.8. The Morgan fingerprint density at radius 3 is 2.65 bits per heavy atom. The molecule has 6 nitrogen and oxygen atoms in total. The summed E-state index contributed by atoms with van der Waals surface area (Å²) in [5.74, 6) is -0.417. The van der Waals surface area contributed by atoms with Crippen LogP contribution in [0.3, 0.4) is 0 Å². The van der Waals surface area contributed by atoms with Gasteiger partial charge in [-0.3, -0.25) is 0 Å². The highest BCUT2D eigenvalue weighted by molar-refractivity contribution is 5.86. The molecule has 0 aromatic carbocycles. The molecule has 0 aliphatic heterocycles. The lowest BCUT2D eigenvalue weighted by atomic mass is 9.99. The third-order valence-corrected chi connectivity index (χ3v) is 3.05. The maximum Gasteiger partial charge on any atom is 0.337 e. The highest BCUT2D eigenvalue weighted by Crippen LogP contribution is 2.21. The number of carbonyl (C=O) groups is 2. The van der Waals surface area contributed by atoms with Gasteiger partial charge in [-0.1, -0.05) is 13.8 Å². The van der Waals surface area contributed by atoms with Crippen molar-refractivity contribution in [3.05, 3.63) is 24.2 Å². The second kappa shape index (κ2) is 6.98. The number of hydrogen-bond acceptors (Lipinski definition) is 3. The Hall–Kier alpha value is -1.98. The lowest BCUT2D eigenvalue weighted by Gasteiger charge is -2.24. The highest BCUT2D eigenvalue weighted by Gasteiger charge is 2.39. The molecule has 1 rings (SSSR count). The Kier molecular flexibility index (Phi) is 5.61. The van der Waals surface area contributed by atoms with Crippen molar-refractivity contribution in [3.63, 3.8) is 0 Å². The topological polar surface area (TPSA) is 91.6 Å². The van der Waals surface area contributed by atoms with Crippen LogP contribution in [0.5, 0.6) is 0 Å². The molecule has 3 N–H and O–H groups in total. The molecule has 1 aromatic rings. The van der Waals surface area contributed by atoms with Gasteiger partial charge in [-0.15, -0.1) is 0 Å². The minimum Gasteiger partial charge on any atom is -0.479 e. The van der Waals surface area contributed by atoms with Crippen LogP contribution in [0.2, 0.25) is 0 Å². The summed E-state index contributed by atoms with van der Waals surface area (Å²) in [5.41, 5.74) is -1.58. The van der Waals surface area contributed by atoms with E-state index >= 15 is 0 Å². The van der Waals surface area contributed by atoms with E-state index in [1.54, 1.807) is 6.07 Å². The number of carboxylic acid groups (broad SMARTS) is 1. The van der Waals surface area contributed by atoms with E-state index in [1.807, 2.05) is 0 Å². The predicted molar refractivity (Wildman–Crippen MR) is 74.3 cm³/mol. The van der Waals surface area contributed by atoms with Crippen molar-refractivity contribution < 1.29 is 19.1 Å². The molecule has 0 saturated heterocycles. The summed E-state index contributed by atoms with van der Waals surface area (Å²) in [6.07, 6.45) is 3.24. The number of carboxylic acids is 1. The largest absolute Gasteiger partial charge is 0.479 e. The molecule has 1 heterocycles. The fourth-order valence-electron chi connectivity index (χ4n) is 1.77. The Bertz CT molecular complexity index is 442. The molecule has 0 aliphatic rings. The summed E-state index contributed by atoms with van der Waals surface area (Å²) in [5, 5.41) is 14.4. The van der Waals surface area contributed by atoms with Gasteiger partial charge in [0.1, 0.15) is 5.76 Å². The SMILES string of the molecule is CC(C)CCCNC(=O)NC(C)(C(=O)O)c1ccco1. The van der Waals surface area contributed by atoms with Crippen molar-refractivity contribution in [1.82, 2.24) is 10.6 Å². The zero-order valence-corrected chi connectivity index (χ0v) is 12.1. The molecule has 0 bridgehead atoms. The lowest BCUT2D eigenvalue weighted by molar-refractivity contribution is -0.144. The number of urea groups is 1. The molecule has 2 amide bonds. The van der Waals surface area contributed by atoms with Crippen LogP contribution < -0.4 is 10.6 Å². The first-order valence-electron chi connectivity index (χ1n) is 6.69. The number of rotatable bonds is 7. The molecule has 0 aliphatic carbocycles. The Balaban J connectivity index is 2.55. The molecular weight excluding hydrogens is 260 g/mol. The van der Waals surface area contributed by atoms with Crippen molar-refractivity contribution in [2.45, 2.75) is 39.2 Å². The van der Waals surface area contributed by atoms with Crippen LogP contribution in [0.15, 0.2) is 22.8 Å². The van der Waals surface area contributed by atoms with Crippen LogP contribution in [0, 0.1) is 5.92 Å². The molecule has 1 aromatic heterocycles. The standard InChI is InChI=1S/C14H22N2O4/c1-10(2)6-4-8-15-13(19)16-14(3,12(17)18)11-7-5-9-20-11/h5,7,9-10H,4,6,8H2,1-3H3,(H,17,18)(H2,15,16,19). The van der Waals surface area contributed by atoms with Gasteiger partial charge in [0.15, 0.2) is 5.54 Å². The van der Waals surface area contributed by atoms with Gasteiger partial charge < -0.3 is 20.2 Å². The minimum absolute atomic E-state index is 0.183. The zero-order chi connectivity index (χ0) is 15.2. The summed E-state index contributed by atoms with van der Waals surface area (Å²) in [4.78, 5) is 23.1. The maximum atomic E-state index is 11.8. The van der Waals surface area contributed by atoms with Gasteiger partial charge in [0.05, 0.1) is 6.26 Å². The van der Waals surface area contributed by atoms with E-state index < -0.39 is 17.5 Å². The molecule has 6 heteroatoms. The molecule has 1 unspecified atom stereocenters. The van der Waals surface area contributed by atoms with E-state index in [0.717, 1.165) is 12.8 Å². The van der Waals surface area contributed by atoms with E-state index in [2.05, 4.69) is 24.5 Å². The zero-order valence-electron chi connectivity index (χ0n) is 12.1. The number of aliphatic carboxylic acids is 1. The van der Waals surface area contributed by atoms with Crippen molar-refractivity contribution in [3.8, 4) is 0 Å². The summed E-state index contributed by atoms with van der Waals surface area (Å²) in [7, 11) is 0. The van der Waals surface area contributed by atoms with E-state index in [9.17, 15) is 14.7 Å². The maximum absolute atomic E-state index is 11.8. The van der Waals surface area contributed by atoms with Crippen LogP contribution in [0.25, 0.3) is 0 Å². The van der Waals surface area contributed by atoms with Gasteiger partial charge in [-0.2, -0.15) is 0 Å². The number of amides is 2. The third kappa shape index (κ3) is 4.29. The Labute approximate surface area is 118 Å². The molecule has 0 radical (unpaired) electrons. The molecule has 112 valence electrons. The van der Waals surface area contributed by atoms with E-state index in [1.165, 1.54) is 19.3 Å². The first-order valence-corrected chi connectivity index (χ1v) is 6.69. The van der Waals surface area contributed by atoms with E-state index in [4.69, 9.17) is 4.42 Å². The monoisotopic (exact) mass is 282 g/mol. The summed E-state index contributed by atoms with van der Waals surface area (Å²) < 4.78 is 5.09. The fourth-order valence-corrected chi connectivity index (χ4v) is 1.77. The van der Waals surface area contributed by atoms with Crippen molar-refractivity contribution in [2.24, 2.45) is 5.92 Å². The first kappa shape index (κ1) is 16.1. The molecule has 0 spiro atoms. The lowest BCUT2D eigenvalue weighted by Crippen LogP contribution is -2.52. The second-order valence-electron chi connectivity index (χ2n) is 5.32. The van der Waals surface area contributed by atoms with Gasteiger partial charge in [0, 0.05) is 6.54 Å². The molecule has 0 saturated carbocycles. The Morgan fingerprint density at radius 1 is 1.45 bits per heavy atom. The van der Waals surface area contributed by atoms with Gasteiger partial charge in [0.25, 0.3) is 0 Å². The molecule has 0 fully saturated rings. The van der Waals surface area contributed by atoms with Crippen LogP contribution in [-0.2, 0) is 10.3 Å². The summed E-state index contributed by atoms with van der Waals surface area (Å²) in [6.45, 7) is 6.12. The number of carbonyl (C=O) groups excluding carboxylic acids is 1. The number of nitrogens with one attached hydrogen (secondary N) is 2. The smallest absolute Gasteiger partial charge is 0.337 e.